The Labute approximate surface area is 123 Å². The summed E-state index contributed by atoms with van der Waals surface area (Å²) in [5.41, 5.74) is 0.845. The fourth-order valence-corrected chi connectivity index (χ4v) is 1.95. The first kappa shape index (κ1) is 15.4. The minimum absolute atomic E-state index is 0.0122. The lowest BCUT2D eigenvalue weighted by Crippen LogP contribution is -2.04. The zero-order valence-corrected chi connectivity index (χ0v) is 12.0. The number of hydrogen-bond acceptors (Lipinski definition) is 1. The number of rotatable bonds is 5. The molecule has 2 nitrogen and oxygen atoms in total. The molecule has 0 saturated carbocycles. The zero-order chi connectivity index (χ0) is 15.4. The molecule has 2 aromatic carbocycles. The van der Waals surface area contributed by atoms with E-state index in [1.54, 1.807) is 24.3 Å². The van der Waals surface area contributed by atoms with Gasteiger partial charge in [0.2, 0.25) is 0 Å². The van der Waals surface area contributed by atoms with Gasteiger partial charge in [0.1, 0.15) is 30.1 Å². The normalized spacial score (nSPS) is 12.5. The van der Waals surface area contributed by atoms with Gasteiger partial charge < -0.3 is 4.74 Å². The summed E-state index contributed by atoms with van der Waals surface area (Å²) in [6.07, 6.45) is -0.778. The molecule has 2 aromatic rings. The molecule has 0 bridgehead atoms. The van der Waals surface area contributed by atoms with Crippen LogP contribution in [-0.2, 0) is 11.7 Å². The molecule has 4 heteroatoms. The Bertz CT molecular complexity index is 594. The van der Waals surface area contributed by atoms with E-state index in [-0.39, 0.29) is 18.1 Å². The van der Waals surface area contributed by atoms with E-state index in [1.807, 2.05) is 13.8 Å². The van der Waals surface area contributed by atoms with Crippen LogP contribution < -0.4 is 4.74 Å². The van der Waals surface area contributed by atoms with Crippen molar-refractivity contribution in [2.45, 2.75) is 26.6 Å². The molecule has 0 spiro atoms. The van der Waals surface area contributed by atoms with Crippen LogP contribution in [0.25, 0.3) is 0 Å². The smallest absolute Gasteiger partial charge is 0.130 e. The van der Waals surface area contributed by atoms with Gasteiger partial charge in [-0.05, 0) is 41.8 Å². The first-order chi connectivity index (χ1) is 9.97. The van der Waals surface area contributed by atoms with Gasteiger partial charge in [-0.15, -0.1) is 0 Å². The summed E-state index contributed by atoms with van der Waals surface area (Å²) in [4.78, 5) is 0. The van der Waals surface area contributed by atoms with Crippen LogP contribution in [0, 0.1) is 17.6 Å². The molecule has 0 aromatic heterocycles. The van der Waals surface area contributed by atoms with Crippen molar-refractivity contribution in [1.29, 1.82) is 0 Å². The molecule has 0 saturated heterocycles. The van der Waals surface area contributed by atoms with Crippen LogP contribution in [0.1, 0.15) is 31.1 Å². The summed E-state index contributed by atoms with van der Waals surface area (Å²) in [5, 5.41) is 11.9. The molecule has 0 fully saturated rings. The van der Waals surface area contributed by atoms with Crippen molar-refractivity contribution in [2.75, 3.05) is 0 Å². The van der Waals surface area contributed by atoms with E-state index in [4.69, 9.17) is 4.74 Å². The van der Waals surface area contributed by atoms with Crippen molar-refractivity contribution in [3.05, 3.63) is 65.2 Å². The van der Waals surface area contributed by atoms with Crippen molar-refractivity contribution >= 4 is 0 Å². The molecule has 1 unspecified atom stereocenters. The predicted octanol–water partition coefficient (Wildman–Crippen LogP) is 4.67. The molecular formula is C17H17F2O2. The first-order valence-electron chi connectivity index (χ1n) is 6.80. The van der Waals surface area contributed by atoms with E-state index in [1.165, 1.54) is 0 Å². The SMILES string of the molecule is CC(C)C([O])c1ccc(OCc2cc(F)ccc2F)cc1. The summed E-state index contributed by atoms with van der Waals surface area (Å²) in [5.74, 6) is -0.486. The van der Waals surface area contributed by atoms with E-state index in [0.717, 1.165) is 18.2 Å². The quantitative estimate of drug-likeness (QED) is 0.787. The molecule has 2 rings (SSSR count). The third kappa shape index (κ3) is 4.02. The van der Waals surface area contributed by atoms with E-state index >= 15 is 0 Å². The van der Waals surface area contributed by atoms with Crippen LogP contribution >= 0.6 is 0 Å². The number of ether oxygens (including phenoxy) is 1. The molecule has 0 heterocycles. The maximum Gasteiger partial charge on any atom is 0.130 e. The van der Waals surface area contributed by atoms with Gasteiger partial charge in [-0.25, -0.2) is 13.9 Å². The largest absolute Gasteiger partial charge is 0.489 e. The highest BCUT2D eigenvalue weighted by Gasteiger charge is 2.13. The Hall–Kier alpha value is -1.94. The minimum Gasteiger partial charge on any atom is -0.489 e. The number of hydrogen-bond donors (Lipinski definition) is 0. The summed E-state index contributed by atoms with van der Waals surface area (Å²) in [6.45, 7) is 3.68. The summed E-state index contributed by atoms with van der Waals surface area (Å²) >= 11 is 0. The van der Waals surface area contributed by atoms with Crippen molar-refractivity contribution < 1.29 is 18.6 Å². The van der Waals surface area contributed by atoms with Crippen LogP contribution in [0.5, 0.6) is 5.75 Å². The maximum atomic E-state index is 13.4. The molecule has 0 aliphatic rings. The molecule has 21 heavy (non-hydrogen) atoms. The third-order valence-corrected chi connectivity index (χ3v) is 3.22. The molecule has 0 aliphatic heterocycles. The average molecular weight is 291 g/mol. The third-order valence-electron chi connectivity index (χ3n) is 3.22. The van der Waals surface area contributed by atoms with Crippen LogP contribution in [0.3, 0.4) is 0 Å². The average Bonchev–Trinajstić information content (AvgIpc) is 2.48. The molecule has 111 valence electrons. The van der Waals surface area contributed by atoms with Gasteiger partial charge in [0.25, 0.3) is 0 Å². The second kappa shape index (κ2) is 6.68. The van der Waals surface area contributed by atoms with Gasteiger partial charge >= 0.3 is 0 Å². The van der Waals surface area contributed by atoms with Crippen molar-refractivity contribution in [2.24, 2.45) is 5.92 Å². The Morgan fingerprint density at radius 2 is 1.71 bits per heavy atom. The van der Waals surface area contributed by atoms with Crippen LogP contribution in [0.2, 0.25) is 0 Å². The highest BCUT2D eigenvalue weighted by molar-refractivity contribution is 5.29. The summed E-state index contributed by atoms with van der Waals surface area (Å²) < 4.78 is 31.9. The fraction of sp³-hybridized carbons (Fsp3) is 0.294. The second-order valence-corrected chi connectivity index (χ2v) is 5.26. The van der Waals surface area contributed by atoms with E-state index in [2.05, 4.69) is 0 Å². The zero-order valence-electron chi connectivity index (χ0n) is 12.0. The first-order valence-corrected chi connectivity index (χ1v) is 6.80. The highest BCUT2D eigenvalue weighted by atomic mass is 19.1. The Kier molecular flexibility index (Phi) is 4.91. The van der Waals surface area contributed by atoms with Crippen LogP contribution in [-0.4, -0.2) is 0 Å². The van der Waals surface area contributed by atoms with Gasteiger partial charge in [-0.3, -0.25) is 0 Å². The lowest BCUT2D eigenvalue weighted by molar-refractivity contribution is 0.0487. The van der Waals surface area contributed by atoms with Crippen LogP contribution in [0.15, 0.2) is 42.5 Å². The van der Waals surface area contributed by atoms with E-state index in [9.17, 15) is 13.9 Å². The molecule has 0 amide bonds. The van der Waals surface area contributed by atoms with Crippen molar-refractivity contribution in [1.82, 2.24) is 0 Å². The molecule has 0 N–H and O–H groups in total. The van der Waals surface area contributed by atoms with Gasteiger partial charge in [0, 0.05) is 5.56 Å². The lowest BCUT2D eigenvalue weighted by atomic mass is 9.99. The Balaban J connectivity index is 2.02. The Morgan fingerprint density at radius 1 is 1.05 bits per heavy atom. The van der Waals surface area contributed by atoms with E-state index in [0.29, 0.717) is 11.3 Å². The molecule has 0 aliphatic carbocycles. The van der Waals surface area contributed by atoms with Crippen LogP contribution in [0.4, 0.5) is 8.78 Å². The topological polar surface area (TPSA) is 29.1 Å². The second-order valence-electron chi connectivity index (χ2n) is 5.26. The van der Waals surface area contributed by atoms with Gasteiger partial charge in [-0.2, -0.15) is 0 Å². The van der Waals surface area contributed by atoms with Gasteiger partial charge in [0.15, 0.2) is 0 Å². The highest BCUT2D eigenvalue weighted by Crippen LogP contribution is 2.24. The molecule has 1 radical (unpaired) electrons. The molecule has 1 atom stereocenters. The fourth-order valence-electron chi connectivity index (χ4n) is 1.95. The Morgan fingerprint density at radius 3 is 2.33 bits per heavy atom. The minimum atomic E-state index is -0.778. The van der Waals surface area contributed by atoms with E-state index < -0.39 is 17.7 Å². The summed E-state index contributed by atoms with van der Waals surface area (Å²) in [6, 6.07) is 9.98. The predicted molar refractivity (Wildman–Crippen MR) is 75.4 cm³/mol. The standard InChI is InChI=1S/C17H17F2O2/c1-11(2)17(20)12-3-6-15(7-4-12)21-10-13-9-14(18)5-8-16(13)19/h3-9,11,17H,10H2,1-2H3. The lowest BCUT2D eigenvalue weighted by Gasteiger charge is -2.13. The van der Waals surface area contributed by atoms with Gasteiger partial charge in [0.05, 0.1) is 0 Å². The molecular weight excluding hydrogens is 274 g/mol. The van der Waals surface area contributed by atoms with Crippen molar-refractivity contribution in [3.8, 4) is 5.75 Å². The van der Waals surface area contributed by atoms with Gasteiger partial charge in [-0.1, -0.05) is 26.0 Å². The maximum absolute atomic E-state index is 13.4. The summed E-state index contributed by atoms with van der Waals surface area (Å²) in [7, 11) is 0. The number of benzene rings is 2. The van der Waals surface area contributed by atoms with Crippen molar-refractivity contribution in [3.63, 3.8) is 0 Å². The monoisotopic (exact) mass is 291 g/mol. The number of halogens is 2.